The number of benzene rings is 1. The molecule has 5 heteroatoms. The van der Waals surface area contributed by atoms with Gasteiger partial charge in [-0.1, -0.05) is 18.2 Å². The fourth-order valence-corrected chi connectivity index (χ4v) is 2.08. The number of anilines is 1. The van der Waals surface area contributed by atoms with E-state index in [0.29, 0.717) is 17.9 Å². The Kier molecular flexibility index (Phi) is 4.39. The van der Waals surface area contributed by atoms with Crippen LogP contribution in [0.2, 0.25) is 0 Å². The van der Waals surface area contributed by atoms with E-state index in [2.05, 4.69) is 11.1 Å². The number of likely N-dealkylation sites (N-methyl/N-ethyl adjacent to an activating group) is 2. The van der Waals surface area contributed by atoms with Crippen molar-refractivity contribution in [1.29, 1.82) is 5.26 Å². The molecule has 0 saturated heterocycles. The van der Waals surface area contributed by atoms with E-state index in [1.165, 1.54) is 0 Å². The second-order valence-corrected chi connectivity index (χ2v) is 4.96. The molecule has 5 nitrogen and oxygen atoms in total. The molecule has 0 aliphatic rings. The van der Waals surface area contributed by atoms with E-state index < -0.39 is 0 Å². The Balaban J connectivity index is 2.45. The van der Waals surface area contributed by atoms with E-state index in [1.54, 1.807) is 25.1 Å². The molecule has 0 unspecified atom stereocenters. The van der Waals surface area contributed by atoms with Crippen molar-refractivity contribution in [2.45, 2.75) is 6.92 Å². The Labute approximate surface area is 124 Å². The smallest absolute Gasteiger partial charge is 0.241 e. The van der Waals surface area contributed by atoms with Gasteiger partial charge in [0, 0.05) is 26.0 Å². The molecule has 0 fully saturated rings. The minimum atomic E-state index is 0.00492. The fourth-order valence-electron chi connectivity index (χ4n) is 2.08. The molecule has 21 heavy (non-hydrogen) atoms. The standard InChI is InChI=1S/C16H18N4O/c1-4-20(11-16(21)19(2)3)15-9-12(10-17)13-7-5-6-8-14(13)18-15/h5-9H,4,11H2,1-3H3. The highest BCUT2D eigenvalue weighted by atomic mass is 16.2. The van der Waals surface area contributed by atoms with Gasteiger partial charge in [0.05, 0.1) is 23.7 Å². The van der Waals surface area contributed by atoms with Crippen LogP contribution in [0.5, 0.6) is 0 Å². The van der Waals surface area contributed by atoms with Crippen LogP contribution in [0.3, 0.4) is 0 Å². The van der Waals surface area contributed by atoms with E-state index in [1.807, 2.05) is 36.1 Å². The lowest BCUT2D eigenvalue weighted by Gasteiger charge is -2.23. The van der Waals surface area contributed by atoms with Gasteiger partial charge in [0.15, 0.2) is 0 Å². The van der Waals surface area contributed by atoms with Crippen LogP contribution in [0.1, 0.15) is 12.5 Å². The third kappa shape index (κ3) is 3.11. The maximum absolute atomic E-state index is 11.9. The number of nitrogens with zero attached hydrogens (tertiary/aromatic N) is 4. The highest BCUT2D eigenvalue weighted by Gasteiger charge is 2.14. The highest BCUT2D eigenvalue weighted by Crippen LogP contribution is 2.22. The number of aromatic nitrogens is 1. The van der Waals surface area contributed by atoms with Crippen LogP contribution in [-0.2, 0) is 4.79 Å². The summed E-state index contributed by atoms with van der Waals surface area (Å²) in [6, 6.07) is 11.5. The van der Waals surface area contributed by atoms with Crippen molar-refractivity contribution < 1.29 is 4.79 Å². The van der Waals surface area contributed by atoms with Crippen LogP contribution in [0.25, 0.3) is 10.9 Å². The first-order valence-electron chi connectivity index (χ1n) is 6.81. The Morgan fingerprint density at radius 1 is 1.33 bits per heavy atom. The number of pyridine rings is 1. The zero-order valence-corrected chi connectivity index (χ0v) is 12.5. The first-order chi connectivity index (χ1) is 10.1. The Morgan fingerprint density at radius 2 is 2.05 bits per heavy atom. The molecule has 0 aliphatic heterocycles. The molecule has 2 rings (SSSR count). The monoisotopic (exact) mass is 282 g/mol. The molecule has 1 amide bonds. The molecule has 108 valence electrons. The van der Waals surface area contributed by atoms with Crippen molar-refractivity contribution in [2.24, 2.45) is 0 Å². The van der Waals surface area contributed by atoms with Gasteiger partial charge in [-0.3, -0.25) is 4.79 Å². The summed E-state index contributed by atoms with van der Waals surface area (Å²) in [4.78, 5) is 19.9. The van der Waals surface area contributed by atoms with Gasteiger partial charge in [0.25, 0.3) is 0 Å². The Hall–Kier alpha value is -2.61. The largest absolute Gasteiger partial charge is 0.348 e. The highest BCUT2D eigenvalue weighted by molar-refractivity contribution is 5.87. The lowest BCUT2D eigenvalue weighted by Crippen LogP contribution is -2.37. The number of para-hydroxylation sites is 1. The van der Waals surface area contributed by atoms with Crippen molar-refractivity contribution in [1.82, 2.24) is 9.88 Å². The van der Waals surface area contributed by atoms with E-state index in [9.17, 15) is 10.1 Å². The quantitative estimate of drug-likeness (QED) is 0.860. The van der Waals surface area contributed by atoms with Crippen LogP contribution in [0.15, 0.2) is 30.3 Å². The lowest BCUT2D eigenvalue weighted by atomic mass is 10.1. The summed E-state index contributed by atoms with van der Waals surface area (Å²) < 4.78 is 0. The van der Waals surface area contributed by atoms with Crippen LogP contribution < -0.4 is 4.90 Å². The number of hydrogen-bond donors (Lipinski definition) is 0. The molecule has 0 spiro atoms. The number of fused-ring (bicyclic) bond motifs is 1. The molecule has 1 aromatic heterocycles. The molecule has 1 aromatic carbocycles. The predicted molar refractivity (Wildman–Crippen MR) is 83.0 cm³/mol. The van der Waals surface area contributed by atoms with Crippen LogP contribution in [0, 0.1) is 11.3 Å². The molecular weight excluding hydrogens is 264 g/mol. The SMILES string of the molecule is CCN(CC(=O)N(C)C)c1cc(C#N)c2ccccc2n1. The molecular formula is C16H18N4O. The van der Waals surface area contributed by atoms with E-state index in [0.717, 1.165) is 10.9 Å². The summed E-state index contributed by atoms with van der Waals surface area (Å²) in [6.45, 7) is 2.86. The van der Waals surface area contributed by atoms with Crippen molar-refractivity contribution in [3.63, 3.8) is 0 Å². The molecule has 0 radical (unpaired) electrons. The van der Waals surface area contributed by atoms with Crippen molar-refractivity contribution in [2.75, 3.05) is 32.1 Å². The number of carbonyl (C=O) groups excluding carboxylic acids is 1. The van der Waals surface area contributed by atoms with Crippen molar-refractivity contribution >= 4 is 22.6 Å². The number of amides is 1. The number of nitriles is 1. The van der Waals surface area contributed by atoms with Crippen molar-refractivity contribution in [3.8, 4) is 6.07 Å². The Bertz CT molecular complexity index is 703. The summed E-state index contributed by atoms with van der Waals surface area (Å²) in [6.07, 6.45) is 0. The summed E-state index contributed by atoms with van der Waals surface area (Å²) in [5.41, 5.74) is 1.34. The average Bonchev–Trinajstić information content (AvgIpc) is 2.50. The number of rotatable bonds is 4. The molecule has 0 saturated carbocycles. The second kappa shape index (κ2) is 6.23. The zero-order valence-electron chi connectivity index (χ0n) is 12.5. The van der Waals surface area contributed by atoms with Gasteiger partial charge in [-0.2, -0.15) is 5.26 Å². The maximum Gasteiger partial charge on any atom is 0.241 e. The van der Waals surface area contributed by atoms with Crippen molar-refractivity contribution in [3.05, 3.63) is 35.9 Å². The topological polar surface area (TPSA) is 60.2 Å². The molecule has 0 aliphatic carbocycles. The van der Waals surface area contributed by atoms with Crippen LogP contribution in [0.4, 0.5) is 5.82 Å². The normalized spacial score (nSPS) is 10.2. The Morgan fingerprint density at radius 3 is 2.67 bits per heavy atom. The number of carbonyl (C=O) groups is 1. The molecule has 0 bridgehead atoms. The van der Waals surface area contributed by atoms with Crippen LogP contribution >= 0.6 is 0 Å². The van der Waals surface area contributed by atoms with Gasteiger partial charge in [-0.15, -0.1) is 0 Å². The first kappa shape index (κ1) is 14.8. The fraction of sp³-hybridized carbons (Fsp3) is 0.312. The average molecular weight is 282 g/mol. The van der Waals surface area contributed by atoms with Crippen LogP contribution in [-0.4, -0.2) is 43.0 Å². The predicted octanol–water partition coefficient (Wildman–Crippen LogP) is 2.02. The van der Waals surface area contributed by atoms with E-state index >= 15 is 0 Å². The lowest BCUT2D eigenvalue weighted by molar-refractivity contribution is -0.127. The van der Waals surface area contributed by atoms with Gasteiger partial charge in [-0.25, -0.2) is 4.98 Å². The first-order valence-corrected chi connectivity index (χ1v) is 6.81. The molecule has 0 atom stereocenters. The third-order valence-corrected chi connectivity index (χ3v) is 3.35. The van der Waals surface area contributed by atoms with Gasteiger partial charge < -0.3 is 9.80 Å². The minimum Gasteiger partial charge on any atom is -0.348 e. The summed E-state index contributed by atoms with van der Waals surface area (Å²) in [7, 11) is 3.45. The van der Waals surface area contributed by atoms with Gasteiger partial charge in [0.1, 0.15) is 5.82 Å². The van der Waals surface area contributed by atoms with Gasteiger partial charge in [0.2, 0.25) is 5.91 Å². The zero-order chi connectivity index (χ0) is 15.4. The van der Waals surface area contributed by atoms with Gasteiger partial charge in [-0.05, 0) is 19.1 Å². The molecule has 0 N–H and O–H groups in total. The van der Waals surface area contributed by atoms with Gasteiger partial charge >= 0.3 is 0 Å². The maximum atomic E-state index is 11.9. The third-order valence-electron chi connectivity index (χ3n) is 3.35. The van der Waals surface area contributed by atoms with E-state index in [-0.39, 0.29) is 12.5 Å². The second-order valence-electron chi connectivity index (χ2n) is 4.96. The van der Waals surface area contributed by atoms with E-state index in [4.69, 9.17) is 0 Å². The molecule has 1 heterocycles. The summed E-state index contributed by atoms with van der Waals surface area (Å²) >= 11 is 0. The minimum absolute atomic E-state index is 0.00492. The summed E-state index contributed by atoms with van der Waals surface area (Å²) in [5, 5.41) is 10.1. The summed E-state index contributed by atoms with van der Waals surface area (Å²) in [5.74, 6) is 0.660. The molecule has 2 aromatic rings. The number of hydrogen-bond acceptors (Lipinski definition) is 4.